The Balaban J connectivity index is 0. The fourth-order valence-electron chi connectivity index (χ4n) is 0. The van der Waals surface area contributed by atoms with Crippen molar-refractivity contribution in [1.82, 2.24) is 0 Å². The van der Waals surface area contributed by atoms with Gasteiger partial charge in [-0.1, -0.05) is 0 Å². The van der Waals surface area contributed by atoms with Crippen LogP contribution in [0.3, 0.4) is 0 Å². The maximum absolute atomic E-state index is 4.97. The largest absolute Gasteiger partial charge is 0.342 e. The topological polar surface area (TPSA) is 26.0 Å². The minimum Gasteiger partial charge on any atom is -0.342 e. The fraction of sp³-hybridized carbons (Fsp3) is 0.667. The van der Waals surface area contributed by atoms with Crippen molar-refractivity contribution in [3.8, 4) is 0 Å². The van der Waals surface area contributed by atoms with E-state index in [1.165, 1.54) is 0 Å². The van der Waals surface area contributed by atoms with E-state index in [1.54, 1.807) is 0 Å². The Morgan fingerprint density at radius 3 is 1.80 bits per heavy atom. The van der Waals surface area contributed by atoms with E-state index >= 15 is 0 Å². The third-order valence-corrected chi connectivity index (χ3v) is 0.204. The molecule has 0 amide bonds. The van der Waals surface area contributed by atoms with Gasteiger partial charge in [-0.25, -0.2) is 0 Å². The molecule has 0 aromatic carbocycles. The molecule has 0 aliphatic carbocycles. The summed E-state index contributed by atoms with van der Waals surface area (Å²) >= 11 is 0. The van der Waals surface area contributed by atoms with Crippen LogP contribution in [0.25, 0.3) is 0 Å². The molecule has 0 rings (SSSR count). The molecule has 0 aliphatic heterocycles. The Morgan fingerprint density at radius 1 is 1.60 bits per heavy atom. The van der Waals surface area contributed by atoms with Gasteiger partial charge in [0.2, 0.25) is 0 Å². The number of hydrogen-bond acceptors (Lipinski definition) is 1. The second-order valence-corrected chi connectivity index (χ2v) is 0.642. The van der Waals surface area contributed by atoms with Crippen LogP contribution in [0.4, 0.5) is 0 Å². The number of hydrogen-bond donors (Lipinski definition) is 1. The van der Waals surface area contributed by atoms with Gasteiger partial charge in [-0.2, -0.15) is 6.42 Å². The van der Waals surface area contributed by atoms with E-state index in [2.05, 4.69) is 6.92 Å². The molecular formula is C3H8NW-. The van der Waals surface area contributed by atoms with E-state index in [-0.39, 0.29) is 21.1 Å². The normalized spacial score (nSPS) is 6.00. The van der Waals surface area contributed by atoms with E-state index in [9.17, 15) is 0 Å². The standard InChI is InChI=1S/C3H8N.W/c1-2-3-4;/h1-4H2;/q-1;. The smallest absolute Gasteiger partial charge is 0 e. The zero-order valence-electron chi connectivity index (χ0n) is 3.11. The Hall–Kier alpha value is 0.648. The van der Waals surface area contributed by atoms with E-state index in [0.29, 0.717) is 6.54 Å². The molecule has 0 spiro atoms. The summed E-state index contributed by atoms with van der Waals surface area (Å²) in [6.45, 7) is 4.19. The van der Waals surface area contributed by atoms with Crippen molar-refractivity contribution in [2.24, 2.45) is 5.73 Å². The average molecular weight is 242 g/mol. The zero-order valence-corrected chi connectivity index (χ0v) is 6.04. The van der Waals surface area contributed by atoms with Gasteiger partial charge in [0, 0.05) is 21.1 Å². The summed E-state index contributed by atoms with van der Waals surface area (Å²) < 4.78 is 0. The van der Waals surface area contributed by atoms with Crippen LogP contribution in [-0.4, -0.2) is 6.54 Å². The molecule has 0 heterocycles. The van der Waals surface area contributed by atoms with Crippen molar-refractivity contribution < 1.29 is 21.1 Å². The Kier molecular flexibility index (Phi) is 16.2. The van der Waals surface area contributed by atoms with Crippen molar-refractivity contribution in [2.75, 3.05) is 6.54 Å². The molecule has 1 nitrogen and oxygen atoms in total. The molecule has 2 heteroatoms. The first-order valence-electron chi connectivity index (χ1n) is 1.41. The summed E-state index contributed by atoms with van der Waals surface area (Å²) in [6, 6.07) is 0. The van der Waals surface area contributed by atoms with Gasteiger partial charge in [0.05, 0.1) is 0 Å². The van der Waals surface area contributed by atoms with Crippen LogP contribution in [0.1, 0.15) is 6.42 Å². The zero-order chi connectivity index (χ0) is 3.41. The second-order valence-electron chi connectivity index (χ2n) is 0.642. The van der Waals surface area contributed by atoms with Gasteiger partial charge in [-0.3, -0.25) is 0 Å². The third-order valence-electron chi connectivity index (χ3n) is 0.204. The summed E-state index contributed by atoms with van der Waals surface area (Å²) in [5.74, 6) is 0. The van der Waals surface area contributed by atoms with E-state index in [4.69, 9.17) is 5.73 Å². The first-order chi connectivity index (χ1) is 1.91. The van der Waals surface area contributed by atoms with Gasteiger partial charge >= 0.3 is 0 Å². The van der Waals surface area contributed by atoms with Crippen LogP contribution < -0.4 is 5.73 Å². The summed E-state index contributed by atoms with van der Waals surface area (Å²) in [7, 11) is 0. The number of nitrogens with two attached hydrogens (primary N) is 1. The Labute approximate surface area is 47.2 Å². The van der Waals surface area contributed by atoms with E-state index in [1.807, 2.05) is 0 Å². The van der Waals surface area contributed by atoms with Crippen molar-refractivity contribution >= 4 is 0 Å². The van der Waals surface area contributed by atoms with Gasteiger partial charge in [0.15, 0.2) is 0 Å². The van der Waals surface area contributed by atoms with Gasteiger partial charge in [0.1, 0.15) is 0 Å². The molecule has 0 bridgehead atoms. The van der Waals surface area contributed by atoms with Crippen molar-refractivity contribution in [3.63, 3.8) is 0 Å². The van der Waals surface area contributed by atoms with Crippen LogP contribution in [0.5, 0.6) is 0 Å². The molecule has 0 fully saturated rings. The van der Waals surface area contributed by atoms with Crippen molar-refractivity contribution in [3.05, 3.63) is 6.92 Å². The molecule has 0 saturated heterocycles. The summed E-state index contributed by atoms with van der Waals surface area (Å²) in [6.07, 6.45) is 0.847. The predicted molar refractivity (Wildman–Crippen MR) is 19.0 cm³/mol. The van der Waals surface area contributed by atoms with Gasteiger partial charge in [-0.15, -0.1) is 0 Å². The quantitative estimate of drug-likeness (QED) is 0.651. The van der Waals surface area contributed by atoms with Gasteiger partial charge < -0.3 is 12.7 Å². The predicted octanol–water partition coefficient (Wildman–Crippen LogP) is 0.167. The molecule has 0 aliphatic rings. The summed E-state index contributed by atoms with van der Waals surface area (Å²) in [4.78, 5) is 0. The third kappa shape index (κ3) is 12.0. The van der Waals surface area contributed by atoms with E-state index in [0.717, 1.165) is 6.42 Å². The molecule has 0 unspecified atom stereocenters. The van der Waals surface area contributed by atoms with E-state index < -0.39 is 0 Å². The molecule has 0 aromatic rings. The number of rotatable bonds is 1. The molecule has 2 N–H and O–H groups in total. The maximum atomic E-state index is 4.97. The van der Waals surface area contributed by atoms with Crippen LogP contribution >= 0.6 is 0 Å². The SMILES string of the molecule is [CH2-]CCN.[W]. The minimum atomic E-state index is 0. The maximum Gasteiger partial charge on any atom is 0 e. The molecule has 5 heavy (non-hydrogen) atoms. The monoisotopic (exact) mass is 242 g/mol. The Morgan fingerprint density at radius 2 is 1.80 bits per heavy atom. The van der Waals surface area contributed by atoms with Crippen LogP contribution in [0, 0.1) is 6.92 Å². The molecular weight excluding hydrogens is 234 g/mol. The van der Waals surface area contributed by atoms with Crippen LogP contribution in [0.15, 0.2) is 0 Å². The van der Waals surface area contributed by atoms with Crippen LogP contribution in [-0.2, 0) is 21.1 Å². The van der Waals surface area contributed by atoms with Crippen molar-refractivity contribution in [2.45, 2.75) is 6.42 Å². The first kappa shape index (κ1) is 9.17. The Bertz CT molecular complexity index is 8.85. The molecule has 0 radical (unpaired) electrons. The van der Waals surface area contributed by atoms with Crippen molar-refractivity contribution in [1.29, 1.82) is 0 Å². The molecule has 0 saturated carbocycles. The summed E-state index contributed by atoms with van der Waals surface area (Å²) in [5.41, 5.74) is 4.97. The van der Waals surface area contributed by atoms with Gasteiger partial charge in [0.25, 0.3) is 0 Å². The summed E-state index contributed by atoms with van der Waals surface area (Å²) in [5, 5.41) is 0. The molecule has 0 aromatic heterocycles. The minimum absolute atomic E-state index is 0. The first-order valence-corrected chi connectivity index (χ1v) is 1.41. The second kappa shape index (κ2) is 8.82. The fourth-order valence-corrected chi connectivity index (χ4v) is 0. The molecule has 0 atom stereocenters. The van der Waals surface area contributed by atoms with Gasteiger partial charge in [-0.05, 0) is 6.54 Å². The molecule has 32 valence electrons. The average Bonchev–Trinajstić information content (AvgIpc) is 1.37. The van der Waals surface area contributed by atoms with Crippen LogP contribution in [0.2, 0.25) is 0 Å².